The van der Waals surface area contributed by atoms with Crippen LogP contribution in [0.4, 0.5) is 11.8 Å². The van der Waals surface area contributed by atoms with Crippen LogP contribution in [0.1, 0.15) is 13.3 Å². The second-order valence-electron chi connectivity index (χ2n) is 4.09. The summed E-state index contributed by atoms with van der Waals surface area (Å²) < 4.78 is 5.01. The van der Waals surface area contributed by atoms with Crippen molar-refractivity contribution in [1.82, 2.24) is 15.3 Å². The number of ether oxygens (including phenoxy) is 1. The van der Waals surface area contributed by atoms with Gasteiger partial charge in [-0.3, -0.25) is 14.9 Å². The Kier molecular flexibility index (Phi) is 3.50. The minimum absolute atomic E-state index is 0.0302. The number of nitrogen functional groups attached to an aromatic ring is 1. The van der Waals surface area contributed by atoms with Crippen molar-refractivity contribution in [2.45, 2.75) is 19.4 Å². The van der Waals surface area contributed by atoms with Gasteiger partial charge in [-0.1, -0.05) is 6.92 Å². The minimum atomic E-state index is -0.461. The predicted octanol–water partition coefficient (Wildman–Crippen LogP) is -0.691. The number of rotatable bonds is 3. The molecule has 1 aromatic heterocycles. The van der Waals surface area contributed by atoms with Crippen LogP contribution >= 0.6 is 0 Å². The molecule has 0 saturated carbocycles. The quantitative estimate of drug-likeness (QED) is 0.696. The van der Waals surface area contributed by atoms with Crippen LogP contribution in [0.2, 0.25) is 0 Å². The highest BCUT2D eigenvalue weighted by Crippen LogP contribution is 2.22. The van der Waals surface area contributed by atoms with Crippen LogP contribution < -0.4 is 20.7 Å². The zero-order chi connectivity index (χ0) is 14.0. The molecule has 1 atom stereocenters. The van der Waals surface area contributed by atoms with Crippen molar-refractivity contribution in [3.05, 3.63) is 6.07 Å². The topological polar surface area (TPSA) is 110 Å². The Bertz CT molecular complexity index is 519. The maximum absolute atomic E-state index is 11.8. The fourth-order valence-corrected chi connectivity index (χ4v) is 2.00. The number of nitrogens with two attached hydrogens (primary N) is 1. The molecule has 19 heavy (non-hydrogen) atoms. The van der Waals surface area contributed by atoms with Crippen LogP contribution in [-0.2, 0) is 9.59 Å². The van der Waals surface area contributed by atoms with Crippen molar-refractivity contribution >= 4 is 23.6 Å². The second-order valence-corrected chi connectivity index (χ2v) is 4.09. The van der Waals surface area contributed by atoms with Gasteiger partial charge in [-0.2, -0.15) is 9.97 Å². The summed E-state index contributed by atoms with van der Waals surface area (Å²) in [4.78, 5) is 32.8. The highest BCUT2D eigenvalue weighted by Gasteiger charge is 2.33. The number of nitrogens with zero attached hydrogens (tertiary/aromatic N) is 3. The van der Waals surface area contributed by atoms with Gasteiger partial charge < -0.3 is 15.4 Å². The maximum Gasteiger partial charge on any atom is 0.249 e. The van der Waals surface area contributed by atoms with E-state index in [4.69, 9.17) is 10.5 Å². The Morgan fingerprint density at radius 1 is 1.53 bits per heavy atom. The third-order valence-electron chi connectivity index (χ3n) is 2.85. The van der Waals surface area contributed by atoms with Gasteiger partial charge in [0.05, 0.1) is 13.7 Å². The molecule has 2 amide bonds. The lowest BCUT2D eigenvalue weighted by molar-refractivity contribution is -0.132. The van der Waals surface area contributed by atoms with Crippen LogP contribution in [0.25, 0.3) is 0 Å². The van der Waals surface area contributed by atoms with Crippen molar-refractivity contribution in [1.29, 1.82) is 0 Å². The van der Waals surface area contributed by atoms with Gasteiger partial charge in [0.25, 0.3) is 0 Å². The lowest BCUT2D eigenvalue weighted by Gasteiger charge is -2.34. The Morgan fingerprint density at radius 2 is 2.26 bits per heavy atom. The van der Waals surface area contributed by atoms with E-state index < -0.39 is 6.04 Å². The third kappa shape index (κ3) is 2.56. The number of nitrogens with one attached hydrogen (secondary N) is 1. The van der Waals surface area contributed by atoms with Crippen molar-refractivity contribution in [2.75, 3.05) is 24.3 Å². The van der Waals surface area contributed by atoms with Crippen molar-refractivity contribution in [2.24, 2.45) is 0 Å². The van der Waals surface area contributed by atoms with Gasteiger partial charge in [0.1, 0.15) is 11.9 Å². The molecule has 2 rings (SSSR count). The molecule has 0 spiro atoms. The molecule has 0 aromatic carbocycles. The average Bonchev–Trinajstić information content (AvgIpc) is 2.37. The summed E-state index contributed by atoms with van der Waals surface area (Å²) >= 11 is 0. The van der Waals surface area contributed by atoms with E-state index in [1.165, 1.54) is 7.11 Å². The molecule has 8 nitrogen and oxygen atoms in total. The molecule has 2 heterocycles. The first kappa shape index (κ1) is 13.1. The Labute approximate surface area is 110 Å². The largest absolute Gasteiger partial charge is 0.481 e. The zero-order valence-corrected chi connectivity index (χ0v) is 10.7. The van der Waals surface area contributed by atoms with Crippen LogP contribution in [0.15, 0.2) is 6.07 Å². The van der Waals surface area contributed by atoms with Crippen LogP contribution in [-0.4, -0.2) is 41.5 Å². The Hall–Kier alpha value is -2.38. The highest BCUT2D eigenvalue weighted by atomic mass is 16.5. The summed E-state index contributed by atoms with van der Waals surface area (Å²) in [6.07, 6.45) is 0.547. The number of hydrogen-bond acceptors (Lipinski definition) is 7. The van der Waals surface area contributed by atoms with Gasteiger partial charge in [0, 0.05) is 6.07 Å². The summed E-state index contributed by atoms with van der Waals surface area (Å²) in [5.41, 5.74) is 5.58. The number of imide groups is 1. The fourth-order valence-electron chi connectivity index (χ4n) is 2.00. The first-order valence-electron chi connectivity index (χ1n) is 5.84. The molecule has 102 valence electrons. The van der Waals surface area contributed by atoms with E-state index in [0.29, 0.717) is 12.2 Å². The smallest absolute Gasteiger partial charge is 0.249 e. The van der Waals surface area contributed by atoms with Crippen LogP contribution in [0, 0.1) is 0 Å². The summed E-state index contributed by atoms with van der Waals surface area (Å²) in [5.74, 6) is 0.0126. The zero-order valence-electron chi connectivity index (χ0n) is 10.7. The van der Waals surface area contributed by atoms with Gasteiger partial charge >= 0.3 is 0 Å². The molecule has 1 aliphatic heterocycles. The summed E-state index contributed by atoms with van der Waals surface area (Å²) in [6.45, 7) is 1.90. The molecule has 1 aromatic rings. The molecule has 1 unspecified atom stereocenters. The number of piperazine rings is 1. The van der Waals surface area contributed by atoms with E-state index in [-0.39, 0.29) is 30.2 Å². The number of hydrogen-bond donors (Lipinski definition) is 2. The minimum Gasteiger partial charge on any atom is -0.481 e. The van der Waals surface area contributed by atoms with Crippen LogP contribution in [0.3, 0.4) is 0 Å². The van der Waals surface area contributed by atoms with E-state index in [9.17, 15) is 9.59 Å². The SMILES string of the molecule is CCC1C(=O)NC(=O)CN1c1cc(OC)nc(N)n1. The van der Waals surface area contributed by atoms with E-state index >= 15 is 0 Å². The second kappa shape index (κ2) is 5.09. The maximum atomic E-state index is 11.8. The normalized spacial score (nSPS) is 19.3. The summed E-state index contributed by atoms with van der Waals surface area (Å²) in [5, 5.41) is 2.30. The molecule has 8 heteroatoms. The molecule has 0 aliphatic carbocycles. The van der Waals surface area contributed by atoms with E-state index in [2.05, 4.69) is 15.3 Å². The summed E-state index contributed by atoms with van der Waals surface area (Å²) in [6, 6.07) is 1.09. The van der Waals surface area contributed by atoms with Crippen molar-refractivity contribution in [3.8, 4) is 5.88 Å². The number of aromatic nitrogens is 2. The number of carbonyl (C=O) groups excluding carboxylic acids is 2. The highest BCUT2D eigenvalue weighted by molar-refractivity contribution is 6.04. The third-order valence-corrected chi connectivity index (χ3v) is 2.85. The van der Waals surface area contributed by atoms with Gasteiger partial charge in [-0.15, -0.1) is 0 Å². The first-order chi connectivity index (χ1) is 9.05. The van der Waals surface area contributed by atoms with Crippen molar-refractivity contribution < 1.29 is 14.3 Å². The van der Waals surface area contributed by atoms with Gasteiger partial charge in [0.15, 0.2) is 0 Å². The van der Waals surface area contributed by atoms with E-state index in [1.807, 2.05) is 6.92 Å². The lowest BCUT2D eigenvalue weighted by atomic mass is 10.1. The molecule has 1 fully saturated rings. The van der Waals surface area contributed by atoms with Crippen molar-refractivity contribution in [3.63, 3.8) is 0 Å². The molecule has 1 saturated heterocycles. The molecule has 3 N–H and O–H groups in total. The van der Waals surface area contributed by atoms with E-state index in [1.54, 1.807) is 11.0 Å². The number of amides is 2. The Balaban J connectivity index is 2.39. The van der Waals surface area contributed by atoms with Gasteiger partial charge in [-0.25, -0.2) is 0 Å². The van der Waals surface area contributed by atoms with Crippen LogP contribution in [0.5, 0.6) is 5.88 Å². The van der Waals surface area contributed by atoms with Gasteiger partial charge in [-0.05, 0) is 6.42 Å². The number of anilines is 2. The Morgan fingerprint density at radius 3 is 2.89 bits per heavy atom. The lowest BCUT2D eigenvalue weighted by Crippen LogP contribution is -2.58. The fraction of sp³-hybridized carbons (Fsp3) is 0.455. The monoisotopic (exact) mass is 265 g/mol. The molecular weight excluding hydrogens is 250 g/mol. The first-order valence-corrected chi connectivity index (χ1v) is 5.84. The molecule has 0 bridgehead atoms. The average molecular weight is 265 g/mol. The number of carbonyl (C=O) groups is 2. The van der Waals surface area contributed by atoms with Gasteiger partial charge in [0.2, 0.25) is 23.6 Å². The summed E-state index contributed by atoms with van der Waals surface area (Å²) in [7, 11) is 1.46. The standard InChI is InChI=1S/C11H15N5O3/c1-3-6-10(18)14-8(17)5-16(6)7-4-9(19-2)15-11(12)13-7/h4,6H,3,5H2,1-2H3,(H2,12,13,15)(H,14,17,18). The predicted molar refractivity (Wildman–Crippen MR) is 67.6 cm³/mol. The van der Waals surface area contributed by atoms with E-state index in [0.717, 1.165) is 0 Å². The molecule has 0 radical (unpaired) electrons. The number of methoxy groups -OCH3 is 1. The molecule has 1 aliphatic rings. The molecular formula is C11H15N5O3.